The summed E-state index contributed by atoms with van der Waals surface area (Å²) in [6, 6.07) is 14.7. The standard InChI is InChI=1S/C17H21ClN2/c1-2-19-17(11-10-16-5-3-4-12-20-16)13-14-6-8-15(18)9-7-14/h3-9,12,17,19H,2,10-11,13H2,1H3. The molecule has 20 heavy (non-hydrogen) atoms. The molecule has 0 saturated heterocycles. The molecule has 0 spiro atoms. The molecule has 0 amide bonds. The van der Waals surface area contributed by atoms with E-state index in [2.05, 4.69) is 35.4 Å². The van der Waals surface area contributed by atoms with Gasteiger partial charge in [0.15, 0.2) is 0 Å². The summed E-state index contributed by atoms with van der Waals surface area (Å²) in [6.07, 6.45) is 4.98. The van der Waals surface area contributed by atoms with E-state index in [4.69, 9.17) is 11.6 Å². The lowest BCUT2D eigenvalue weighted by molar-refractivity contribution is 0.489. The molecule has 2 aromatic rings. The molecule has 0 radical (unpaired) electrons. The number of nitrogens with zero attached hydrogens (tertiary/aromatic N) is 1. The Bertz CT molecular complexity index is 496. The maximum Gasteiger partial charge on any atom is 0.0406 e. The van der Waals surface area contributed by atoms with Gasteiger partial charge in [0.05, 0.1) is 0 Å². The van der Waals surface area contributed by atoms with Crippen LogP contribution >= 0.6 is 11.6 Å². The second-order valence-electron chi connectivity index (χ2n) is 4.94. The molecule has 0 saturated carbocycles. The maximum atomic E-state index is 5.93. The molecule has 0 fully saturated rings. The summed E-state index contributed by atoms with van der Waals surface area (Å²) in [4.78, 5) is 4.38. The molecular weight excluding hydrogens is 268 g/mol. The van der Waals surface area contributed by atoms with E-state index in [1.165, 1.54) is 5.56 Å². The van der Waals surface area contributed by atoms with Crippen LogP contribution in [0.3, 0.4) is 0 Å². The van der Waals surface area contributed by atoms with Crippen molar-refractivity contribution in [3.05, 3.63) is 64.9 Å². The van der Waals surface area contributed by atoms with Crippen molar-refractivity contribution >= 4 is 11.6 Å². The molecule has 0 aliphatic rings. The quantitative estimate of drug-likeness (QED) is 0.836. The molecule has 2 nitrogen and oxygen atoms in total. The van der Waals surface area contributed by atoms with Crippen LogP contribution in [0.5, 0.6) is 0 Å². The van der Waals surface area contributed by atoms with E-state index in [-0.39, 0.29) is 0 Å². The van der Waals surface area contributed by atoms with Gasteiger partial charge in [0.25, 0.3) is 0 Å². The molecule has 2 rings (SSSR count). The van der Waals surface area contributed by atoms with Crippen LogP contribution in [0.1, 0.15) is 24.6 Å². The Hall–Kier alpha value is -1.38. The van der Waals surface area contributed by atoms with Gasteiger partial charge in [-0.1, -0.05) is 36.7 Å². The van der Waals surface area contributed by atoms with Gasteiger partial charge in [-0.15, -0.1) is 0 Å². The summed E-state index contributed by atoms with van der Waals surface area (Å²) in [5, 5.41) is 4.35. The predicted octanol–water partition coefficient (Wildman–Crippen LogP) is 3.89. The minimum Gasteiger partial charge on any atom is -0.314 e. The minimum atomic E-state index is 0.475. The fourth-order valence-corrected chi connectivity index (χ4v) is 2.46. The van der Waals surface area contributed by atoms with Crippen LogP contribution in [-0.4, -0.2) is 17.6 Å². The number of likely N-dealkylation sites (N-methyl/N-ethyl adjacent to an activating group) is 1. The normalized spacial score (nSPS) is 12.3. The summed E-state index contributed by atoms with van der Waals surface area (Å²) < 4.78 is 0. The van der Waals surface area contributed by atoms with Gasteiger partial charge in [-0.05, 0) is 55.6 Å². The Balaban J connectivity index is 1.91. The lowest BCUT2D eigenvalue weighted by Crippen LogP contribution is -2.31. The van der Waals surface area contributed by atoms with Crippen LogP contribution in [0.4, 0.5) is 0 Å². The van der Waals surface area contributed by atoms with Crippen molar-refractivity contribution in [3.63, 3.8) is 0 Å². The Labute approximate surface area is 126 Å². The molecule has 1 aromatic carbocycles. The molecule has 1 atom stereocenters. The number of aryl methyl sites for hydroxylation is 1. The Morgan fingerprint density at radius 2 is 1.95 bits per heavy atom. The average Bonchev–Trinajstić information content (AvgIpc) is 2.48. The van der Waals surface area contributed by atoms with Crippen LogP contribution in [0, 0.1) is 0 Å². The van der Waals surface area contributed by atoms with Gasteiger partial charge in [-0.2, -0.15) is 0 Å². The first-order chi connectivity index (χ1) is 9.78. The SMILES string of the molecule is CCNC(CCc1ccccn1)Cc1ccc(Cl)cc1. The van der Waals surface area contributed by atoms with Crippen molar-refractivity contribution in [2.45, 2.75) is 32.2 Å². The van der Waals surface area contributed by atoms with Crippen LogP contribution in [0.2, 0.25) is 5.02 Å². The lowest BCUT2D eigenvalue weighted by atomic mass is 10.0. The van der Waals surface area contributed by atoms with Crippen molar-refractivity contribution in [3.8, 4) is 0 Å². The monoisotopic (exact) mass is 288 g/mol. The topological polar surface area (TPSA) is 24.9 Å². The molecule has 0 aliphatic carbocycles. The largest absolute Gasteiger partial charge is 0.314 e. The average molecular weight is 289 g/mol. The first-order valence-electron chi connectivity index (χ1n) is 7.15. The molecule has 3 heteroatoms. The van der Waals surface area contributed by atoms with E-state index in [0.29, 0.717) is 6.04 Å². The molecule has 1 N–H and O–H groups in total. The Morgan fingerprint density at radius 1 is 1.15 bits per heavy atom. The fraction of sp³-hybridized carbons (Fsp3) is 0.353. The number of benzene rings is 1. The van der Waals surface area contributed by atoms with Crippen molar-refractivity contribution < 1.29 is 0 Å². The van der Waals surface area contributed by atoms with Gasteiger partial charge in [-0.25, -0.2) is 0 Å². The number of hydrogen-bond acceptors (Lipinski definition) is 2. The highest BCUT2D eigenvalue weighted by atomic mass is 35.5. The zero-order valence-corrected chi connectivity index (χ0v) is 12.6. The Morgan fingerprint density at radius 3 is 2.60 bits per heavy atom. The third kappa shape index (κ3) is 4.95. The van der Waals surface area contributed by atoms with Crippen LogP contribution in [0.15, 0.2) is 48.7 Å². The van der Waals surface area contributed by atoms with E-state index in [0.717, 1.165) is 36.5 Å². The summed E-state index contributed by atoms with van der Waals surface area (Å²) in [6.45, 7) is 3.14. The highest BCUT2D eigenvalue weighted by Crippen LogP contribution is 2.13. The third-order valence-corrected chi connectivity index (χ3v) is 3.62. The highest BCUT2D eigenvalue weighted by molar-refractivity contribution is 6.30. The van der Waals surface area contributed by atoms with Crippen LogP contribution in [-0.2, 0) is 12.8 Å². The van der Waals surface area contributed by atoms with Gasteiger partial charge >= 0.3 is 0 Å². The number of aromatic nitrogens is 1. The maximum absolute atomic E-state index is 5.93. The molecular formula is C17H21ClN2. The summed E-state index contributed by atoms with van der Waals surface area (Å²) in [7, 11) is 0. The third-order valence-electron chi connectivity index (χ3n) is 3.36. The predicted molar refractivity (Wildman–Crippen MR) is 85.2 cm³/mol. The first kappa shape index (κ1) is 15.0. The summed E-state index contributed by atoms with van der Waals surface area (Å²) >= 11 is 5.93. The van der Waals surface area contributed by atoms with Gasteiger partial charge < -0.3 is 5.32 Å². The second kappa shape index (κ2) is 8.03. The molecule has 1 aromatic heterocycles. The Kier molecular flexibility index (Phi) is 6.03. The number of hydrogen-bond donors (Lipinski definition) is 1. The smallest absolute Gasteiger partial charge is 0.0406 e. The van der Waals surface area contributed by atoms with Crippen molar-refractivity contribution in [1.29, 1.82) is 0 Å². The highest BCUT2D eigenvalue weighted by Gasteiger charge is 2.09. The second-order valence-corrected chi connectivity index (χ2v) is 5.38. The first-order valence-corrected chi connectivity index (χ1v) is 7.53. The van der Waals surface area contributed by atoms with Gasteiger partial charge in [-0.3, -0.25) is 4.98 Å². The lowest BCUT2D eigenvalue weighted by Gasteiger charge is -2.18. The molecule has 106 valence electrons. The zero-order chi connectivity index (χ0) is 14.2. The van der Waals surface area contributed by atoms with E-state index < -0.39 is 0 Å². The molecule has 0 bridgehead atoms. The van der Waals surface area contributed by atoms with Crippen LogP contribution < -0.4 is 5.32 Å². The van der Waals surface area contributed by atoms with E-state index in [1.807, 2.05) is 30.5 Å². The van der Waals surface area contributed by atoms with E-state index >= 15 is 0 Å². The van der Waals surface area contributed by atoms with Crippen molar-refractivity contribution in [2.24, 2.45) is 0 Å². The van der Waals surface area contributed by atoms with E-state index in [1.54, 1.807) is 0 Å². The van der Waals surface area contributed by atoms with Gasteiger partial charge in [0.1, 0.15) is 0 Å². The molecule has 1 heterocycles. The van der Waals surface area contributed by atoms with Crippen molar-refractivity contribution in [1.82, 2.24) is 10.3 Å². The molecule has 0 aliphatic heterocycles. The minimum absolute atomic E-state index is 0.475. The van der Waals surface area contributed by atoms with Gasteiger partial charge in [0.2, 0.25) is 0 Å². The fourth-order valence-electron chi connectivity index (χ4n) is 2.34. The van der Waals surface area contributed by atoms with Gasteiger partial charge in [0, 0.05) is 23.0 Å². The van der Waals surface area contributed by atoms with Crippen molar-refractivity contribution in [2.75, 3.05) is 6.54 Å². The zero-order valence-electron chi connectivity index (χ0n) is 11.8. The number of halogens is 1. The van der Waals surface area contributed by atoms with E-state index in [9.17, 15) is 0 Å². The summed E-state index contributed by atoms with van der Waals surface area (Å²) in [5.74, 6) is 0. The number of rotatable bonds is 7. The van der Waals surface area contributed by atoms with Crippen LogP contribution in [0.25, 0.3) is 0 Å². The number of pyridine rings is 1. The molecule has 1 unspecified atom stereocenters. The number of nitrogens with one attached hydrogen (secondary N) is 1. The summed E-state index contributed by atoms with van der Waals surface area (Å²) in [5.41, 5.74) is 2.48.